The van der Waals surface area contributed by atoms with Crippen LogP contribution in [0.25, 0.3) is 16.7 Å². The van der Waals surface area contributed by atoms with E-state index >= 15 is 0 Å². The Bertz CT molecular complexity index is 739. The Morgan fingerprint density at radius 2 is 1.86 bits per heavy atom. The maximum absolute atomic E-state index is 5.89. The Hall–Kier alpha value is -2.11. The number of nitrogens with zero attached hydrogens (tertiary/aromatic N) is 3. The fraction of sp³-hybridized carbons (Fsp3) is 0.200. The topological polar surface area (TPSA) is 52.0 Å². The zero-order chi connectivity index (χ0) is 14.7. The number of rotatable bonds is 5. The van der Waals surface area contributed by atoms with Crippen molar-refractivity contribution < 1.29 is 4.74 Å². The van der Waals surface area contributed by atoms with Crippen LogP contribution in [-0.4, -0.2) is 35.3 Å². The van der Waals surface area contributed by atoms with Crippen molar-refractivity contribution in [2.75, 3.05) is 25.6 Å². The van der Waals surface area contributed by atoms with Gasteiger partial charge in [-0.3, -0.25) is 0 Å². The van der Waals surface area contributed by atoms with Gasteiger partial charge in [-0.1, -0.05) is 11.6 Å². The second-order valence-corrected chi connectivity index (χ2v) is 5.03. The number of benzene rings is 2. The number of halogens is 1. The number of methoxy groups -OCH3 is 1. The fourth-order valence-electron chi connectivity index (χ4n) is 2.01. The molecule has 0 amide bonds. The summed E-state index contributed by atoms with van der Waals surface area (Å²) in [7, 11) is 1.68. The molecule has 0 saturated heterocycles. The number of anilines is 1. The lowest BCUT2D eigenvalue weighted by atomic mass is 10.3. The van der Waals surface area contributed by atoms with E-state index in [1.54, 1.807) is 11.9 Å². The van der Waals surface area contributed by atoms with Gasteiger partial charge in [-0.05, 0) is 42.5 Å². The largest absolute Gasteiger partial charge is 0.383 e. The van der Waals surface area contributed by atoms with Gasteiger partial charge in [0.1, 0.15) is 11.0 Å². The van der Waals surface area contributed by atoms with E-state index in [4.69, 9.17) is 16.3 Å². The molecule has 3 rings (SSSR count). The number of aromatic nitrogens is 3. The van der Waals surface area contributed by atoms with Crippen molar-refractivity contribution in [2.45, 2.75) is 0 Å². The van der Waals surface area contributed by atoms with Gasteiger partial charge in [0.15, 0.2) is 0 Å². The molecule has 1 N–H and O–H groups in total. The van der Waals surface area contributed by atoms with Crippen molar-refractivity contribution in [3.63, 3.8) is 0 Å². The fourth-order valence-corrected chi connectivity index (χ4v) is 2.14. The highest BCUT2D eigenvalue weighted by atomic mass is 35.5. The number of hydrogen-bond donors (Lipinski definition) is 1. The van der Waals surface area contributed by atoms with Crippen LogP contribution < -0.4 is 5.32 Å². The summed E-state index contributed by atoms with van der Waals surface area (Å²) in [4.78, 5) is 1.61. The average molecular weight is 303 g/mol. The Kier molecular flexibility index (Phi) is 4.03. The molecule has 2 aromatic carbocycles. The minimum Gasteiger partial charge on any atom is -0.383 e. The minimum atomic E-state index is 0.662. The molecule has 0 aliphatic heterocycles. The van der Waals surface area contributed by atoms with Crippen LogP contribution in [0.2, 0.25) is 5.02 Å². The van der Waals surface area contributed by atoms with E-state index in [0.717, 1.165) is 29.0 Å². The number of nitrogens with one attached hydrogen (secondary N) is 1. The molecular formula is C15H15ClN4O. The number of fused-ring (bicyclic) bond motifs is 1. The molecule has 0 aliphatic rings. The van der Waals surface area contributed by atoms with Crippen LogP contribution in [0.5, 0.6) is 0 Å². The predicted molar refractivity (Wildman–Crippen MR) is 84.2 cm³/mol. The van der Waals surface area contributed by atoms with E-state index in [0.29, 0.717) is 11.6 Å². The summed E-state index contributed by atoms with van der Waals surface area (Å²) in [5.41, 5.74) is 3.57. The van der Waals surface area contributed by atoms with Crippen LogP contribution >= 0.6 is 11.6 Å². The number of hydrogen-bond acceptors (Lipinski definition) is 4. The van der Waals surface area contributed by atoms with Crippen molar-refractivity contribution in [2.24, 2.45) is 0 Å². The second kappa shape index (κ2) is 6.11. The van der Waals surface area contributed by atoms with E-state index in [-0.39, 0.29) is 0 Å². The molecule has 0 fully saturated rings. The van der Waals surface area contributed by atoms with Crippen LogP contribution in [0.4, 0.5) is 5.69 Å². The molecule has 0 atom stereocenters. The third kappa shape index (κ3) is 3.15. The summed E-state index contributed by atoms with van der Waals surface area (Å²) in [5.74, 6) is 0. The van der Waals surface area contributed by atoms with Crippen LogP contribution in [0.1, 0.15) is 0 Å². The van der Waals surface area contributed by atoms with E-state index < -0.39 is 0 Å². The molecule has 0 radical (unpaired) electrons. The molecule has 6 heteroatoms. The van der Waals surface area contributed by atoms with Crippen molar-refractivity contribution in [3.8, 4) is 5.69 Å². The summed E-state index contributed by atoms with van der Waals surface area (Å²) in [6, 6.07) is 13.3. The zero-order valence-electron chi connectivity index (χ0n) is 11.6. The monoisotopic (exact) mass is 302 g/mol. The first-order valence-electron chi connectivity index (χ1n) is 6.62. The van der Waals surface area contributed by atoms with Crippen molar-refractivity contribution >= 4 is 28.3 Å². The zero-order valence-corrected chi connectivity index (χ0v) is 12.3. The molecule has 1 heterocycles. The lowest BCUT2D eigenvalue weighted by molar-refractivity contribution is 0.211. The van der Waals surface area contributed by atoms with E-state index in [1.165, 1.54) is 0 Å². The van der Waals surface area contributed by atoms with Gasteiger partial charge in [0.05, 0.1) is 12.3 Å². The molecule has 0 saturated carbocycles. The molecule has 108 valence electrons. The Morgan fingerprint density at radius 1 is 1.10 bits per heavy atom. The van der Waals surface area contributed by atoms with Crippen molar-refractivity contribution in [1.29, 1.82) is 0 Å². The van der Waals surface area contributed by atoms with E-state index in [2.05, 4.69) is 15.5 Å². The second-order valence-electron chi connectivity index (χ2n) is 4.59. The highest BCUT2D eigenvalue weighted by molar-refractivity contribution is 6.30. The molecule has 3 aromatic rings. The quantitative estimate of drug-likeness (QED) is 0.736. The maximum Gasteiger partial charge on any atom is 0.115 e. The van der Waals surface area contributed by atoms with Crippen LogP contribution in [0, 0.1) is 0 Å². The van der Waals surface area contributed by atoms with Crippen LogP contribution in [0.3, 0.4) is 0 Å². The Morgan fingerprint density at radius 3 is 2.62 bits per heavy atom. The van der Waals surface area contributed by atoms with Gasteiger partial charge in [-0.15, -0.1) is 10.2 Å². The van der Waals surface area contributed by atoms with Crippen molar-refractivity contribution in [1.82, 2.24) is 15.0 Å². The first-order chi connectivity index (χ1) is 10.3. The molecule has 0 spiro atoms. The Labute approximate surface area is 127 Å². The summed E-state index contributed by atoms with van der Waals surface area (Å²) >= 11 is 5.89. The minimum absolute atomic E-state index is 0.662. The SMILES string of the molecule is COCCNc1ccc2nn(-c3ccc(Cl)cc3)nc2c1. The maximum atomic E-state index is 5.89. The first-order valence-corrected chi connectivity index (χ1v) is 7.00. The van der Waals surface area contributed by atoms with Gasteiger partial charge in [-0.2, -0.15) is 4.80 Å². The molecule has 21 heavy (non-hydrogen) atoms. The van der Waals surface area contributed by atoms with Gasteiger partial charge in [-0.25, -0.2) is 0 Å². The number of ether oxygens (including phenoxy) is 1. The summed E-state index contributed by atoms with van der Waals surface area (Å²) in [6.45, 7) is 1.42. The molecule has 5 nitrogen and oxygen atoms in total. The van der Waals surface area contributed by atoms with Crippen LogP contribution in [-0.2, 0) is 4.74 Å². The van der Waals surface area contributed by atoms with Crippen LogP contribution in [0.15, 0.2) is 42.5 Å². The van der Waals surface area contributed by atoms with Gasteiger partial charge >= 0.3 is 0 Å². The van der Waals surface area contributed by atoms with Gasteiger partial charge in [0.2, 0.25) is 0 Å². The molecule has 1 aromatic heterocycles. The highest BCUT2D eigenvalue weighted by Crippen LogP contribution is 2.18. The highest BCUT2D eigenvalue weighted by Gasteiger charge is 2.05. The summed E-state index contributed by atoms with van der Waals surface area (Å²) in [6.07, 6.45) is 0. The average Bonchev–Trinajstić information content (AvgIpc) is 2.91. The van der Waals surface area contributed by atoms with Gasteiger partial charge in [0.25, 0.3) is 0 Å². The predicted octanol–water partition coefficient (Wildman–Crippen LogP) is 3.13. The molecule has 0 aliphatic carbocycles. The summed E-state index contributed by atoms with van der Waals surface area (Å²) in [5, 5.41) is 12.9. The smallest absolute Gasteiger partial charge is 0.115 e. The summed E-state index contributed by atoms with van der Waals surface area (Å²) < 4.78 is 5.02. The molecular weight excluding hydrogens is 288 g/mol. The van der Waals surface area contributed by atoms with E-state index in [9.17, 15) is 0 Å². The van der Waals surface area contributed by atoms with E-state index in [1.807, 2.05) is 42.5 Å². The normalized spacial score (nSPS) is 11.0. The third-order valence-electron chi connectivity index (χ3n) is 3.07. The van der Waals surface area contributed by atoms with Gasteiger partial charge in [0, 0.05) is 24.4 Å². The van der Waals surface area contributed by atoms with Gasteiger partial charge < -0.3 is 10.1 Å². The van der Waals surface area contributed by atoms with Crippen molar-refractivity contribution in [3.05, 3.63) is 47.5 Å². The molecule has 0 bridgehead atoms. The Balaban J connectivity index is 1.87. The lowest BCUT2D eigenvalue weighted by Crippen LogP contribution is -2.07. The lowest BCUT2D eigenvalue weighted by Gasteiger charge is -2.04. The standard InChI is InChI=1S/C15H15ClN4O/c1-21-9-8-17-12-4-7-14-15(10-12)19-20(18-14)13-5-2-11(16)3-6-13/h2-7,10,17H,8-9H2,1H3. The molecule has 0 unspecified atom stereocenters. The third-order valence-corrected chi connectivity index (χ3v) is 3.33. The first kappa shape index (κ1) is 13.9.